The molecule has 0 aliphatic heterocycles. The fourth-order valence-electron chi connectivity index (χ4n) is 3.62. The number of ether oxygens (including phenoxy) is 1. The summed E-state index contributed by atoms with van der Waals surface area (Å²) < 4.78 is 26.9. The molecule has 4 rings (SSSR count). The predicted molar refractivity (Wildman–Crippen MR) is 136 cm³/mol. The number of benzene rings is 4. The van der Waals surface area contributed by atoms with Gasteiger partial charge in [-0.1, -0.05) is 75.4 Å². The first-order valence-corrected chi connectivity index (χ1v) is 12.5. The van der Waals surface area contributed by atoms with E-state index >= 15 is 0 Å². The molecule has 0 radical (unpaired) electrons. The minimum Gasteiger partial charge on any atom is -0.457 e. The van der Waals surface area contributed by atoms with Crippen LogP contribution in [0.15, 0.2) is 103 Å². The molecule has 0 saturated carbocycles. The standard InChI is InChI=1S/C28H28NO3P/c1-28(2,3)25-19-22(31-21-13-7-4-8-14-21)20-26(27(25)29)32-33(30,23-15-9-5-10-16-23)24-17-11-6-12-18-24/h4-20H,29H2,1-3H3. The number of nitrogen functional groups attached to an aromatic ring is 1. The van der Waals surface area contributed by atoms with Crippen molar-refractivity contribution in [2.75, 3.05) is 5.73 Å². The highest BCUT2D eigenvalue weighted by atomic mass is 31.2. The van der Waals surface area contributed by atoms with Gasteiger partial charge in [0, 0.05) is 6.07 Å². The van der Waals surface area contributed by atoms with E-state index in [4.69, 9.17) is 15.0 Å². The van der Waals surface area contributed by atoms with E-state index in [1.807, 2.05) is 97.1 Å². The normalized spacial score (nSPS) is 11.7. The molecule has 4 nitrogen and oxygen atoms in total. The van der Waals surface area contributed by atoms with Crippen molar-refractivity contribution in [1.29, 1.82) is 0 Å². The molecule has 0 spiro atoms. The molecule has 0 atom stereocenters. The molecule has 0 unspecified atom stereocenters. The van der Waals surface area contributed by atoms with Crippen molar-refractivity contribution in [2.24, 2.45) is 0 Å². The summed E-state index contributed by atoms with van der Waals surface area (Å²) in [5.74, 6) is 1.61. The van der Waals surface area contributed by atoms with Crippen LogP contribution in [0.5, 0.6) is 17.2 Å². The maximum Gasteiger partial charge on any atom is 0.306 e. The highest BCUT2D eigenvalue weighted by molar-refractivity contribution is 7.74. The molecule has 33 heavy (non-hydrogen) atoms. The van der Waals surface area contributed by atoms with Gasteiger partial charge in [-0.15, -0.1) is 0 Å². The molecular formula is C28H28NO3P. The number of rotatable bonds is 6. The van der Waals surface area contributed by atoms with Crippen molar-refractivity contribution >= 4 is 23.7 Å². The molecule has 0 aliphatic rings. The van der Waals surface area contributed by atoms with Gasteiger partial charge >= 0.3 is 7.37 Å². The minimum absolute atomic E-state index is 0.276. The molecule has 0 saturated heterocycles. The molecule has 4 aromatic rings. The summed E-state index contributed by atoms with van der Waals surface area (Å²) in [6.45, 7) is 6.22. The van der Waals surface area contributed by atoms with Gasteiger partial charge in [-0.3, -0.25) is 4.57 Å². The van der Waals surface area contributed by atoms with E-state index in [2.05, 4.69) is 20.8 Å². The molecule has 2 N–H and O–H groups in total. The predicted octanol–water partition coefficient (Wildman–Crippen LogP) is 6.67. The molecule has 0 fully saturated rings. The summed E-state index contributed by atoms with van der Waals surface area (Å²) in [5, 5.41) is 1.20. The van der Waals surface area contributed by atoms with E-state index in [0.29, 0.717) is 33.5 Å². The average Bonchev–Trinajstić information content (AvgIpc) is 2.82. The summed E-state index contributed by atoms with van der Waals surface area (Å²) in [4.78, 5) is 0. The second kappa shape index (κ2) is 9.17. The molecule has 5 heteroatoms. The SMILES string of the molecule is CC(C)(C)c1cc(Oc2ccccc2)cc(OP(=O)(c2ccccc2)c2ccccc2)c1N. The highest BCUT2D eigenvalue weighted by Crippen LogP contribution is 2.49. The lowest BCUT2D eigenvalue weighted by molar-refractivity contribution is 0.469. The van der Waals surface area contributed by atoms with Crippen molar-refractivity contribution in [3.8, 4) is 17.2 Å². The number of nitrogens with two attached hydrogens (primary N) is 1. The molecule has 0 heterocycles. The zero-order chi connectivity index (χ0) is 23.5. The Hall–Kier alpha value is -3.49. The Morgan fingerprint density at radius 2 is 1.18 bits per heavy atom. The van der Waals surface area contributed by atoms with Crippen molar-refractivity contribution in [3.63, 3.8) is 0 Å². The first kappa shape index (κ1) is 22.7. The lowest BCUT2D eigenvalue weighted by Crippen LogP contribution is -2.21. The van der Waals surface area contributed by atoms with Crippen LogP contribution in [-0.2, 0) is 9.98 Å². The van der Waals surface area contributed by atoms with Gasteiger partial charge < -0.3 is 15.0 Å². The van der Waals surface area contributed by atoms with Crippen LogP contribution in [0, 0.1) is 0 Å². The quantitative estimate of drug-likeness (QED) is 0.260. The summed E-state index contributed by atoms with van der Waals surface area (Å²) in [5.41, 5.74) is 7.63. The van der Waals surface area contributed by atoms with Crippen LogP contribution in [0.1, 0.15) is 26.3 Å². The first-order valence-electron chi connectivity index (χ1n) is 10.9. The molecule has 0 aromatic heterocycles. The van der Waals surface area contributed by atoms with Gasteiger partial charge in [-0.25, -0.2) is 0 Å². The third-order valence-electron chi connectivity index (χ3n) is 5.32. The average molecular weight is 458 g/mol. The van der Waals surface area contributed by atoms with Crippen LogP contribution in [0.2, 0.25) is 0 Å². The third kappa shape index (κ3) is 4.97. The smallest absolute Gasteiger partial charge is 0.306 e. The Labute approximate surface area is 195 Å². The second-order valence-electron chi connectivity index (χ2n) is 8.86. The monoisotopic (exact) mass is 457 g/mol. The maximum atomic E-state index is 14.5. The first-order chi connectivity index (χ1) is 15.8. The lowest BCUT2D eigenvalue weighted by Gasteiger charge is -2.26. The van der Waals surface area contributed by atoms with Gasteiger partial charge in [0.1, 0.15) is 11.5 Å². The van der Waals surface area contributed by atoms with Crippen LogP contribution >= 0.6 is 7.37 Å². The summed E-state index contributed by atoms with van der Waals surface area (Å²) in [7, 11) is -3.48. The Bertz CT molecular complexity index is 1220. The van der Waals surface area contributed by atoms with E-state index in [1.165, 1.54) is 0 Å². The van der Waals surface area contributed by atoms with Gasteiger partial charge in [0.05, 0.1) is 16.3 Å². The molecule has 0 aliphatic carbocycles. The van der Waals surface area contributed by atoms with Crippen LogP contribution in [0.25, 0.3) is 0 Å². The Balaban J connectivity index is 1.85. The van der Waals surface area contributed by atoms with Crippen LogP contribution < -0.4 is 25.6 Å². The minimum atomic E-state index is -3.48. The summed E-state index contributed by atoms with van der Waals surface area (Å²) >= 11 is 0. The summed E-state index contributed by atoms with van der Waals surface area (Å²) in [6.07, 6.45) is 0. The van der Waals surface area contributed by atoms with Crippen molar-refractivity contribution < 1.29 is 13.8 Å². The number of hydrogen-bond donors (Lipinski definition) is 1. The molecule has 168 valence electrons. The fraction of sp³-hybridized carbons (Fsp3) is 0.143. The Morgan fingerprint density at radius 1 is 0.697 bits per heavy atom. The van der Waals surface area contributed by atoms with E-state index in [1.54, 1.807) is 6.07 Å². The molecular weight excluding hydrogens is 429 g/mol. The number of hydrogen-bond acceptors (Lipinski definition) is 4. The van der Waals surface area contributed by atoms with E-state index < -0.39 is 7.37 Å². The van der Waals surface area contributed by atoms with E-state index in [-0.39, 0.29) is 5.41 Å². The van der Waals surface area contributed by atoms with Gasteiger partial charge in [-0.05, 0) is 53.4 Å². The zero-order valence-electron chi connectivity index (χ0n) is 19.1. The third-order valence-corrected chi connectivity index (χ3v) is 7.73. The van der Waals surface area contributed by atoms with Crippen LogP contribution in [0.4, 0.5) is 5.69 Å². The topological polar surface area (TPSA) is 61.5 Å². The fourth-order valence-corrected chi connectivity index (χ4v) is 5.69. The Morgan fingerprint density at radius 3 is 1.67 bits per heavy atom. The maximum absolute atomic E-state index is 14.5. The van der Waals surface area contributed by atoms with E-state index in [9.17, 15) is 4.57 Å². The number of anilines is 1. The van der Waals surface area contributed by atoms with Gasteiger partial charge in [-0.2, -0.15) is 0 Å². The number of para-hydroxylation sites is 1. The summed E-state index contributed by atoms with van der Waals surface area (Å²) in [6, 6.07) is 31.6. The van der Waals surface area contributed by atoms with Gasteiger partial charge in [0.2, 0.25) is 0 Å². The highest BCUT2D eigenvalue weighted by Gasteiger charge is 2.32. The zero-order valence-corrected chi connectivity index (χ0v) is 20.0. The van der Waals surface area contributed by atoms with E-state index in [0.717, 1.165) is 5.56 Å². The second-order valence-corrected chi connectivity index (χ2v) is 11.2. The van der Waals surface area contributed by atoms with Gasteiger partial charge in [0.15, 0.2) is 5.75 Å². The molecule has 4 aromatic carbocycles. The lowest BCUT2D eigenvalue weighted by atomic mass is 9.85. The Kier molecular flexibility index (Phi) is 6.31. The van der Waals surface area contributed by atoms with Crippen LogP contribution in [-0.4, -0.2) is 0 Å². The van der Waals surface area contributed by atoms with Crippen LogP contribution in [0.3, 0.4) is 0 Å². The van der Waals surface area contributed by atoms with Gasteiger partial charge in [0.25, 0.3) is 0 Å². The molecule has 0 bridgehead atoms. The van der Waals surface area contributed by atoms with Crippen molar-refractivity contribution in [3.05, 3.63) is 109 Å². The molecule has 0 amide bonds. The van der Waals surface area contributed by atoms with Crippen molar-refractivity contribution in [1.82, 2.24) is 0 Å². The van der Waals surface area contributed by atoms with Crippen molar-refractivity contribution in [2.45, 2.75) is 26.2 Å². The largest absolute Gasteiger partial charge is 0.457 e.